The fourth-order valence-corrected chi connectivity index (χ4v) is 5.29. The van der Waals surface area contributed by atoms with E-state index in [9.17, 15) is 9.59 Å². The molecular weight excluding hydrogens is 396 g/mol. The first-order valence-electron chi connectivity index (χ1n) is 10.5. The van der Waals surface area contributed by atoms with Gasteiger partial charge in [0.05, 0.1) is 12.4 Å². The number of imide groups is 1. The summed E-state index contributed by atoms with van der Waals surface area (Å²) in [5, 5.41) is 1.73. The van der Waals surface area contributed by atoms with E-state index in [2.05, 4.69) is 49.2 Å². The molecule has 1 unspecified atom stereocenters. The summed E-state index contributed by atoms with van der Waals surface area (Å²) in [6, 6.07) is 11.1. The Hall–Kier alpha value is -2.47. The molecule has 0 aromatic heterocycles. The fraction of sp³-hybridized carbons (Fsp3) is 0.417. The van der Waals surface area contributed by atoms with Gasteiger partial charge >= 0.3 is 0 Å². The lowest BCUT2D eigenvalue weighted by molar-refractivity contribution is -0.118. The Balaban J connectivity index is 1.72. The highest BCUT2D eigenvalue weighted by Gasteiger charge is 2.31. The van der Waals surface area contributed by atoms with Crippen LogP contribution in [0.4, 0.5) is 10.5 Å². The molecule has 1 atom stereocenters. The number of carbonyl (C=O) groups is 2. The molecule has 158 valence electrons. The third-order valence-electron chi connectivity index (χ3n) is 5.95. The molecule has 1 fully saturated rings. The minimum Gasteiger partial charge on any atom is -0.496 e. The third-order valence-corrected chi connectivity index (χ3v) is 6.93. The maximum atomic E-state index is 12.0. The number of anilines is 1. The molecule has 2 aromatic carbocycles. The van der Waals surface area contributed by atoms with Gasteiger partial charge < -0.3 is 9.64 Å². The Morgan fingerprint density at radius 1 is 1.20 bits per heavy atom. The van der Waals surface area contributed by atoms with Crippen LogP contribution in [0.2, 0.25) is 0 Å². The first-order valence-corrected chi connectivity index (χ1v) is 11.3. The number of ether oxygens (including phenoxy) is 1. The van der Waals surface area contributed by atoms with Crippen LogP contribution in [0, 0.1) is 6.92 Å². The van der Waals surface area contributed by atoms with E-state index in [1.165, 1.54) is 16.8 Å². The van der Waals surface area contributed by atoms with Crippen molar-refractivity contribution in [2.45, 2.75) is 51.3 Å². The van der Waals surface area contributed by atoms with Crippen LogP contribution in [-0.4, -0.2) is 36.1 Å². The average Bonchev–Trinajstić information content (AvgIpc) is 3.03. The predicted octanol–water partition coefficient (Wildman–Crippen LogP) is 4.73. The van der Waals surface area contributed by atoms with Gasteiger partial charge in [-0.25, -0.2) is 0 Å². The molecule has 0 aliphatic carbocycles. The van der Waals surface area contributed by atoms with Crippen molar-refractivity contribution in [3.05, 3.63) is 47.0 Å². The summed E-state index contributed by atoms with van der Waals surface area (Å²) < 4.78 is 5.67. The van der Waals surface area contributed by atoms with Crippen LogP contribution in [0.15, 0.2) is 30.3 Å². The average molecular weight is 425 g/mol. The van der Waals surface area contributed by atoms with E-state index >= 15 is 0 Å². The first-order chi connectivity index (χ1) is 14.4. The van der Waals surface area contributed by atoms with E-state index in [4.69, 9.17) is 4.74 Å². The van der Waals surface area contributed by atoms with Crippen molar-refractivity contribution in [2.24, 2.45) is 0 Å². The van der Waals surface area contributed by atoms with Crippen molar-refractivity contribution >= 4 is 28.6 Å². The molecule has 2 aliphatic heterocycles. The monoisotopic (exact) mass is 424 g/mol. The van der Waals surface area contributed by atoms with Gasteiger partial charge in [0.25, 0.3) is 5.24 Å². The van der Waals surface area contributed by atoms with E-state index in [1.54, 1.807) is 7.11 Å². The first kappa shape index (κ1) is 20.8. The molecule has 0 spiro atoms. The van der Waals surface area contributed by atoms with Crippen molar-refractivity contribution in [1.82, 2.24) is 5.32 Å². The summed E-state index contributed by atoms with van der Waals surface area (Å²) in [6.07, 6.45) is 2.76. The Morgan fingerprint density at radius 2 is 2.00 bits per heavy atom. The number of thioether (sulfide) groups is 1. The quantitative estimate of drug-likeness (QED) is 0.752. The molecule has 6 heteroatoms. The van der Waals surface area contributed by atoms with Gasteiger partial charge in [-0.05, 0) is 86.6 Å². The largest absolute Gasteiger partial charge is 0.496 e. The minimum atomic E-state index is -0.372. The number of nitrogens with one attached hydrogen (secondary N) is 1. The third kappa shape index (κ3) is 3.93. The molecule has 0 saturated carbocycles. The molecule has 2 aromatic rings. The van der Waals surface area contributed by atoms with Gasteiger partial charge in [-0.2, -0.15) is 0 Å². The maximum Gasteiger partial charge on any atom is 0.286 e. The van der Waals surface area contributed by atoms with E-state index in [1.807, 2.05) is 12.1 Å². The van der Waals surface area contributed by atoms with Gasteiger partial charge in [0.15, 0.2) is 0 Å². The van der Waals surface area contributed by atoms with Crippen LogP contribution < -0.4 is 15.0 Å². The van der Waals surface area contributed by atoms with Crippen LogP contribution in [0.1, 0.15) is 37.0 Å². The molecule has 30 heavy (non-hydrogen) atoms. The second kappa shape index (κ2) is 8.34. The number of hydrogen-bond acceptors (Lipinski definition) is 5. The normalized spacial score (nSPS) is 18.6. The van der Waals surface area contributed by atoms with Crippen molar-refractivity contribution < 1.29 is 14.3 Å². The van der Waals surface area contributed by atoms with Crippen molar-refractivity contribution in [1.29, 1.82) is 0 Å². The molecule has 1 saturated heterocycles. The molecule has 2 heterocycles. The zero-order valence-electron chi connectivity index (χ0n) is 18.0. The van der Waals surface area contributed by atoms with Gasteiger partial charge in [0.1, 0.15) is 5.75 Å². The molecule has 1 N–H and O–H groups in total. The number of methoxy groups -OCH3 is 1. The lowest BCUT2D eigenvalue weighted by Crippen LogP contribution is -2.35. The van der Waals surface area contributed by atoms with Crippen LogP contribution in [0.5, 0.6) is 5.75 Å². The number of hydrogen-bond donors (Lipinski definition) is 1. The van der Waals surface area contributed by atoms with Crippen molar-refractivity contribution in [3.8, 4) is 16.9 Å². The van der Waals surface area contributed by atoms with Crippen LogP contribution >= 0.6 is 11.8 Å². The predicted molar refractivity (Wildman–Crippen MR) is 123 cm³/mol. The zero-order valence-corrected chi connectivity index (χ0v) is 18.8. The molecule has 2 aliphatic rings. The fourth-order valence-electron chi connectivity index (χ4n) is 4.43. The second-order valence-electron chi connectivity index (χ2n) is 8.31. The number of carbonyl (C=O) groups excluding carboxylic acids is 2. The van der Waals surface area contributed by atoms with Gasteiger partial charge in [-0.15, -0.1) is 0 Å². The summed E-state index contributed by atoms with van der Waals surface area (Å²) in [6.45, 7) is 7.73. The topological polar surface area (TPSA) is 58.6 Å². The minimum absolute atomic E-state index is 0.207. The van der Waals surface area contributed by atoms with Crippen LogP contribution in [0.25, 0.3) is 11.1 Å². The highest BCUT2D eigenvalue weighted by atomic mass is 32.2. The number of aryl methyl sites for hydroxylation is 2. The van der Waals surface area contributed by atoms with Crippen LogP contribution in [0.3, 0.4) is 0 Å². The van der Waals surface area contributed by atoms with Crippen LogP contribution in [-0.2, 0) is 17.6 Å². The smallest absolute Gasteiger partial charge is 0.286 e. The van der Waals surface area contributed by atoms with E-state index in [0.717, 1.165) is 53.6 Å². The number of nitrogens with zero attached hydrogens (tertiary/aromatic N) is 1. The van der Waals surface area contributed by atoms with E-state index in [0.29, 0.717) is 12.5 Å². The Morgan fingerprint density at radius 3 is 2.67 bits per heavy atom. The molecule has 4 rings (SSSR count). The summed E-state index contributed by atoms with van der Waals surface area (Å²) in [5.74, 6) is 0.610. The SMILES string of the molecule is COc1ccc(CC2SC(=O)NC2=O)cc1-c1cc2c(cc1C)N(C(C)C)CCC2. The highest BCUT2D eigenvalue weighted by molar-refractivity contribution is 8.15. The van der Waals surface area contributed by atoms with Crippen molar-refractivity contribution in [3.63, 3.8) is 0 Å². The number of fused-ring (bicyclic) bond motifs is 1. The van der Waals surface area contributed by atoms with Crippen molar-refractivity contribution in [2.75, 3.05) is 18.6 Å². The number of rotatable bonds is 5. The summed E-state index contributed by atoms with van der Waals surface area (Å²) >= 11 is 1.07. The lowest BCUT2D eigenvalue weighted by Gasteiger charge is -2.35. The Labute approximate surface area is 182 Å². The van der Waals surface area contributed by atoms with E-state index in [-0.39, 0.29) is 16.4 Å². The zero-order chi connectivity index (χ0) is 21.4. The molecule has 5 nitrogen and oxygen atoms in total. The van der Waals surface area contributed by atoms with Gasteiger partial charge in [-0.1, -0.05) is 17.8 Å². The standard InChI is InChI=1S/C24H28N2O3S/c1-14(2)26-9-5-6-17-13-18(15(3)10-20(17)26)19-11-16(7-8-21(19)29-4)12-22-23(27)25-24(28)30-22/h7-8,10-11,13-14,22H,5-6,9,12H2,1-4H3,(H,25,27,28). The molecule has 0 radical (unpaired) electrons. The Kier molecular flexibility index (Phi) is 5.78. The summed E-state index contributed by atoms with van der Waals surface area (Å²) in [4.78, 5) is 26.0. The summed E-state index contributed by atoms with van der Waals surface area (Å²) in [7, 11) is 1.69. The number of amides is 2. The maximum absolute atomic E-state index is 12.0. The highest BCUT2D eigenvalue weighted by Crippen LogP contribution is 2.39. The second-order valence-corrected chi connectivity index (χ2v) is 9.48. The van der Waals surface area contributed by atoms with Gasteiger partial charge in [0, 0.05) is 23.8 Å². The molecule has 2 amide bonds. The Bertz CT molecular complexity index is 1000. The molecular formula is C24H28N2O3S. The van der Waals surface area contributed by atoms with Gasteiger partial charge in [0.2, 0.25) is 5.91 Å². The number of benzene rings is 2. The molecule has 0 bridgehead atoms. The van der Waals surface area contributed by atoms with Gasteiger partial charge in [-0.3, -0.25) is 14.9 Å². The summed E-state index contributed by atoms with van der Waals surface area (Å²) in [5.41, 5.74) is 7.14. The lowest BCUT2D eigenvalue weighted by atomic mass is 9.90. The van der Waals surface area contributed by atoms with E-state index < -0.39 is 0 Å².